The Kier molecular flexibility index (Phi) is 4.76. The van der Waals surface area contributed by atoms with E-state index in [1.165, 1.54) is 6.08 Å². The molecule has 1 atom stereocenters. The van der Waals surface area contributed by atoms with Crippen molar-refractivity contribution in [2.24, 2.45) is 0 Å². The highest BCUT2D eigenvalue weighted by atomic mass is 79.9. The van der Waals surface area contributed by atoms with Gasteiger partial charge in [0, 0.05) is 23.5 Å². The quantitative estimate of drug-likeness (QED) is 0.855. The van der Waals surface area contributed by atoms with E-state index in [0.29, 0.717) is 6.54 Å². The van der Waals surface area contributed by atoms with Gasteiger partial charge in [0.2, 0.25) is 5.91 Å². The van der Waals surface area contributed by atoms with Gasteiger partial charge in [0.1, 0.15) is 0 Å². The second-order valence-corrected chi connectivity index (χ2v) is 6.90. The van der Waals surface area contributed by atoms with Crippen molar-refractivity contribution in [2.75, 3.05) is 6.54 Å². The number of carbonyl (C=O) groups excluding carboxylic acids is 1. The molecule has 1 saturated heterocycles. The predicted octanol–water partition coefficient (Wildman–Crippen LogP) is 2.99. The zero-order valence-electron chi connectivity index (χ0n) is 10.2. The van der Waals surface area contributed by atoms with E-state index in [-0.39, 0.29) is 18.4 Å². The van der Waals surface area contributed by atoms with Crippen molar-refractivity contribution in [3.8, 4) is 0 Å². The molecule has 2 heterocycles. The fourth-order valence-electron chi connectivity index (χ4n) is 2.21. The van der Waals surface area contributed by atoms with E-state index < -0.39 is 5.97 Å². The Balaban J connectivity index is 1.98. The van der Waals surface area contributed by atoms with Crippen molar-refractivity contribution in [3.63, 3.8) is 0 Å². The van der Waals surface area contributed by atoms with Gasteiger partial charge in [0.05, 0.1) is 10.2 Å². The highest BCUT2D eigenvalue weighted by Gasteiger charge is 2.28. The second-order valence-electron chi connectivity index (χ2n) is 4.40. The standard InChI is InChI=1S/C13H14BrNO3S/c14-11-5-3-10(19-11)4-6-12(16)15-7-1-2-9(15)8-13(17)18/h3-6,9H,1-2,7-8H2,(H,17,18). The van der Waals surface area contributed by atoms with Gasteiger partial charge >= 0.3 is 5.97 Å². The largest absolute Gasteiger partial charge is 0.481 e. The number of carbonyl (C=O) groups is 2. The minimum Gasteiger partial charge on any atom is -0.481 e. The molecular formula is C13H14BrNO3S. The lowest BCUT2D eigenvalue weighted by atomic mass is 10.1. The van der Waals surface area contributed by atoms with Crippen LogP contribution in [-0.2, 0) is 9.59 Å². The van der Waals surface area contributed by atoms with Gasteiger partial charge in [-0.25, -0.2) is 0 Å². The Labute approximate surface area is 123 Å². The third-order valence-corrected chi connectivity index (χ3v) is 4.64. The Bertz CT molecular complexity index is 512. The molecule has 0 spiro atoms. The van der Waals surface area contributed by atoms with Crippen LogP contribution in [0, 0.1) is 0 Å². The van der Waals surface area contributed by atoms with E-state index in [9.17, 15) is 9.59 Å². The minimum absolute atomic E-state index is 0.0319. The van der Waals surface area contributed by atoms with Gasteiger partial charge in [-0.15, -0.1) is 11.3 Å². The summed E-state index contributed by atoms with van der Waals surface area (Å²) in [6.45, 7) is 0.648. The molecule has 1 aromatic rings. The first kappa shape index (κ1) is 14.3. The molecule has 1 amide bonds. The van der Waals surface area contributed by atoms with Crippen molar-refractivity contribution in [1.82, 2.24) is 4.90 Å². The Morgan fingerprint density at radius 1 is 1.53 bits per heavy atom. The number of thiophene rings is 1. The van der Waals surface area contributed by atoms with Crippen LogP contribution in [-0.4, -0.2) is 34.5 Å². The summed E-state index contributed by atoms with van der Waals surface area (Å²) in [5.41, 5.74) is 0. The van der Waals surface area contributed by atoms with E-state index in [1.807, 2.05) is 12.1 Å². The molecular weight excluding hydrogens is 330 g/mol. The number of rotatable bonds is 4. The Morgan fingerprint density at radius 2 is 2.32 bits per heavy atom. The van der Waals surface area contributed by atoms with Crippen molar-refractivity contribution in [2.45, 2.75) is 25.3 Å². The van der Waals surface area contributed by atoms with Crippen LogP contribution in [0.3, 0.4) is 0 Å². The molecule has 1 unspecified atom stereocenters. The van der Waals surface area contributed by atoms with Crippen molar-refractivity contribution in [1.29, 1.82) is 0 Å². The normalized spacial score (nSPS) is 19.2. The van der Waals surface area contributed by atoms with Gasteiger partial charge in [-0.3, -0.25) is 9.59 Å². The lowest BCUT2D eigenvalue weighted by Gasteiger charge is -2.21. The number of nitrogens with zero attached hydrogens (tertiary/aromatic N) is 1. The van der Waals surface area contributed by atoms with Crippen LogP contribution in [0.1, 0.15) is 24.1 Å². The van der Waals surface area contributed by atoms with Gasteiger partial charge < -0.3 is 10.0 Å². The molecule has 0 radical (unpaired) electrons. The monoisotopic (exact) mass is 343 g/mol. The van der Waals surface area contributed by atoms with E-state index >= 15 is 0 Å². The van der Waals surface area contributed by atoms with Crippen molar-refractivity contribution >= 4 is 45.2 Å². The Morgan fingerprint density at radius 3 is 2.95 bits per heavy atom. The molecule has 6 heteroatoms. The molecule has 19 heavy (non-hydrogen) atoms. The number of aliphatic carboxylic acids is 1. The number of likely N-dealkylation sites (tertiary alicyclic amines) is 1. The molecule has 1 aliphatic rings. The predicted molar refractivity (Wildman–Crippen MR) is 78.0 cm³/mol. The molecule has 0 saturated carbocycles. The summed E-state index contributed by atoms with van der Waals surface area (Å²) in [4.78, 5) is 25.5. The maximum absolute atomic E-state index is 12.1. The maximum atomic E-state index is 12.1. The molecule has 1 fully saturated rings. The molecule has 0 aromatic carbocycles. The van der Waals surface area contributed by atoms with Gasteiger partial charge in [0.25, 0.3) is 0 Å². The summed E-state index contributed by atoms with van der Waals surface area (Å²) < 4.78 is 1.02. The van der Waals surface area contributed by atoms with Crippen LogP contribution in [0.4, 0.5) is 0 Å². The third-order valence-electron chi connectivity index (χ3n) is 3.05. The first-order chi connectivity index (χ1) is 9.06. The molecule has 1 aromatic heterocycles. The first-order valence-electron chi connectivity index (χ1n) is 6.02. The second kappa shape index (κ2) is 6.34. The lowest BCUT2D eigenvalue weighted by molar-refractivity contribution is -0.139. The summed E-state index contributed by atoms with van der Waals surface area (Å²) in [6, 6.07) is 3.69. The molecule has 4 nitrogen and oxygen atoms in total. The fraction of sp³-hybridized carbons (Fsp3) is 0.385. The molecule has 102 valence electrons. The summed E-state index contributed by atoms with van der Waals surface area (Å²) in [5.74, 6) is -0.955. The van der Waals surface area contributed by atoms with Crippen LogP contribution >= 0.6 is 27.3 Å². The van der Waals surface area contributed by atoms with Gasteiger partial charge in [0.15, 0.2) is 0 Å². The maximum Gasteiger partial charge on any atom is 0.305 e. The van der Waals surface area contributed by atoms with Gasteiger partial charge in [-0.2, -0.15) is 0 Å². The van der Waals surface area contributed by atoms with Gasteiger partial charge in [-0.05, 0) is 47.0 Å². The van der Waals surface area contributed by atoms with Crippen LogP contribution in [0.25, 0.3) is 6.08 Å². The highest BCUT2D eigenvalue weighted by molar-refractivity contribution is 9.11. The van der Waals surface area contributed by atoms with Crippen molar-refractivity contribution in [3.05, 3.63) is 26.9 Å². The summed E-state index contributed by atoms with van der Waals surface area (Å²) in [7, 11) is 0. The van der Waals surface area contributed by atoms with Crippen molar-refractivity contribution < 1.29 is 14.7 Å². The summed E-state index contributed by atoms with van der Waals surface area (Å²) in [5, 5.41) is 8.82. The number of hydrogen-bond donors (Lipinski definition) is 1. The van der Waals surface area contributed by atoms with Crippen LogP contribution < -0.4 is 0 Å². The van der Waals surface area contributed by atoms with E-state index in [1.54, 1.807) is 22.3 Å². The fourth-order valence-corrected chi connectivity index (χ4v) is 3.53. The van der Waals surface area contributed by atoms with Crippen LogP contribution in [0.5, 0.6) is 0 Å². The average molecular weight is 344 g/mol. The zero-order valence-corrected chi connectivity index (χ0v) is 12.6. The number of halogens is 1. The molecule has 1 aliphatic heterocycles. The van der Waals surface area contributed by atoms with E-state index in [0.717, 1.165) is 21.5 Å². The summed E-state index contributed by atoms with van der Waals surface area (Å²) in [6.07, 6.45) is 4.98. The average Bonchev–Trinajstić information content (AvgIpc) is 2.94. The third kappa shape index (κ3) is 3.91. The van der Waals surface area contributed by atoms with Gasteiger partial charge in [-0.1, -0.05) is 0 Å². The number of hydrogen-bond acceptors (Lipinski definition) is 3. The number of carboxylic acid groups (broad SMARTS) is 1. The smallest absolute Gasteiger partial charge is 0.305 e. The molecule has 2 rings (SSSR count). The first-order valence-corrected chi connectivity index (χ1v) is 7.63. The van der Waals surface area contributed by atoms with E-state index in [4.69, 9.17) is 5.11 Å². The number of carboxylic acids is 1. The SMILES string of the molecule is O=C(O)CC1CCCN1C(=O)C=Cc1ccc(Br)s1. The molecule has 0 aliphatic carbocycles. The minimum atomic E-state index is -0.851. The molecule has 1 N–H and O–H groups in total. The van der Waals surface area contributed by atoms with Crippen LogP contribution in [0.2, 0.25) is 0 Å². The molecule has 0 bridgehead atoms. The summed E-state index contributed by atoms with van der Waals surface area (Å²) >= 11 is 4.91. The lowest BCUT2D eigenvalue weighted by Crippen LogP contribution is -2.35. The van der Waals surface area contributed by atoms with E-state index in [2.05, 4.69) is 15.9 Å². The Hall–Kier alpha value is -1.14. The highest BCUT2D eigenvalue weighted by Crippen LogP contribution is 2.24. The van der Waals surface area contributed by atoms with Crippen LogP contribution in [0.15, 0.2) is 22.0 Å². The zero-order chi connectivity index (χ0) is 13.8. The topological polar surface area (TPSA) is 57.6 Å². The number of amides is 1.